The molecule has 14 nitrogen and oxygen atoms in total. The summed E-state index contributed by atoms with van der Waals surface area (Å²) in [5, 5.41) is 22.2. The molecule has 1 N–H and O–H groups in total. The monoisotopic (exact) mass is 911 g/mol. The predicted octanol–water partition coefficient (Wildman–Crippen LogP) is 8.24. The number of aromatic nitrogens is 3. The molecule has 3 aliphatic heterocycles. The van der Waals surface area contributed by atoms with E-state index >= 15 is 4.39 Å². The molecule has 5 heterocycles. The molecule has 0 spiro atoms. The molecule has 4 fully saturated rings. The molecule has 0 atom stereocenters. The minimum absolute atomic E-state index is 0.0202. The summed E-state index contributed by atoms with van der Waals surface area (Å²) < 4.78 is 29.3. The van der Waals surface area contributed by atoms with Crippen molar-refractivity contribution in [3.05, 3.63) is 76.8 Å². The summed E-state index contributed by atoms with van der Waals surface area (Å²) in [4.78, 5) is 46.9. The van der Waals surface area contributed by atoms with Crippen LogP contribution in [0.3, 0.4) is 0 Å². The number of carbonyl (C=O) groups is 3. The first-order valence-corrected chi connectivity index (χ1v) is 26.9. The van der Waals surface area contributed by atoms with Crippen LogP contribution in [0.25, 0.3) is 10.9 Å². The molecule has 2 aromatic heterocycles. The number of rotatable bonds is 14. The number of nitrogens with zero attached hydrogens (tertiary/aromatic N) is 8. The molecule has 340 valence electrons. The number of imide groups is 1. The van der Waals surface area contributed by atoms with Gasteiger partial charge in [-0.15, -0.1) is 10.2 Å². The fraction of sp³-hybridized carbons (Fsp3) is 0.532. The van der Waals surface area contributed by atoms with Crippen LogP contribution in [0.15, 0.2) is 54.7 Å². The predicted molar refractivity (Wildman–Crippen MR) is 247 cm³/mol. The number of nitriles is 1. The van der Waals surface area contributed by atoms with Crippen molar-refractivity contribution < 1.29 is 28.2 Å². The van der Waals surface area contributed by atoms with Gasteiger partial charge >= 0.3 is 6.03 Å². The number of likely N-dealkylation sites (tertiary alicyclic amines) is 1. The summed E-state index contributed by atoms with van der Waals surface area (Å²) in [7, 11) is -1.33. The van der Waals surface area contributed by atoms with Crippen molar-refractivity contribution in [1.29, 1.82) is 5.26 Å². The number of amides is 4. The van der Waals surface area contributed by atoms with Gasteiger partial charge in [0.25, 0.3) is 5.91 Å². The molecule has 2 aromatic carbocycles. The van der Waals surface area contributed by atoms with Crippen molar-refractivity contribution >= 4 is 59.9 Å². The Balaban J connectivity index is 0.773. The van der Waals surface area contributed by atoms with Crippen molar-refractivity contribution in [2.45, 2.75) is 102 Å². The van der Waals surface area contributed by atoms with Crippen LogP contribution in [0.1, 0.15) is 79.9 Å². The molecule has 0 radical (unpaired) electrons. The molecule has 4 aliphatic rings. The number of halogens is 2. The minimum Gasteiger partial charge on any atom is -0.490 e. The number of carbonyl (C=O) groups excluding carboxylic acids is 3. The highest BCUT2D eigenvalue weighted by Gasteiger charge is 2.35. The zero-order chi connectivity index (χ0) is 45.0. The minimum atomic E-state index is -1.33. The number of benzene rings is 2. The van der Waals surface area contributed by atoms with E-state index in [9.17, 15) is 14.4 Å². The van der Waals surface area contributed by atoms with Gasteiger partial charge in [0.2, 0.25) is 5.91 Å². The molecule has 1 aliphatic carbocycles. The number of ether oxygens (including phenoxy) is 2. The second-order valence-corrected chi connectivity index (χ2v) is 25.0. The Kier molecular flexibility index (Phi) is 14.2. The quantitative estimate of drug-likeness (QED) is 0.0969. The normalized spacial score (nSPS) is 20.8. The van der Waals surface area contributed by atoms with E-state index in [1.54, 1.807) is 30.3 Å². The fourth-order valence-corrected chi connectivity index (χ4v) is 10.4. The van der Waals surface area contributed by atoms with E-state index in [0.29, 0.717) is 40.2 Å². The summed E-state index contributed by atoms with van der Waals surface area (Å²) in [6.45, 7) is 12.0. The Hall–Kier alpha value is -5.08. The van der Waals surface area contributed by atoms with Gasteiger partial charge in [0.15, 0.2) is 11.5 Å². The van der Waals surface area contributed by atoms with Crippen LogP contribution in [0.2, 0.25) is 30.7 Å². The summed E-state index contributed by atoms with van der Waals surface area (Å²) >= 11 is 6.16. The van der Waals surface area contributed by atoms with E-state index in [1.165, 1.54) is 11.0 Å². The standard InChI is InChI=1S/C47H59ClFN9O5Si/c1-64(2,3)25-24-62-31-58-45(59)17-23-57(47(58)61)43-27-34(49)26-42-39(43)16-22-56(42)36-14-18-54(19-15-36)30-32-12-20-55(21-13-32)44-11-10-41(52-53-44)46(60)51-35-5-8-37(9-6-35)63-38-7-4-33(29-50)40(48)28-38/h4,7,10-11,16,22,26-28,32,35-37H,5-6,8-9,12-15,17-21,23-25,30-31H2,1-3H3,(H,51,60). The van der Waals surface area contributed by atoms with Crippen molar-refractivity contribution in [2.75, 3.05) is 62.4 Å². The second kappa shape index (κ2) is 20.0. The maximum Gasteiger partial charge on any atom is 0.333 e. The second-order valence-electron chi connectivity index (χ2n) is 19.0. The van der Waals surface area contributed by atoms with Gasteiger partial charge in [-0.1, -0.05) is 31.2 Å². The van der Waals surface area contributed by atoms with Crippen LogP contribution in [0.5, 0.6) is 5.75 Å². The van der Waals surface area contributed by atoms with E-state index in [1.807, 2.05) is 18.3 Å². The van der Waals surface area contributed by atoms with E-state index in [2.05, 4.69) is 55.6 Å². The average molecular weight is 913 g/mol. The molecule has 1 saturated carbocycles. The van der Waals surface area contributed by atoms with E-state index in [0.717, 1.165) is 112 Å². The lowest BCUT2D eigenvalue weighted by Crippen LogP contribution is -2.53. The van der Waals surface area contributed by atoms with Crippen molar-refractivity contribution in [3.8, 4) is 11.8 Å². The van der Waals surface area contributed by atoms with Crippen LogP contribution in [-0.4, -0.2) is 115 Å². The largest absolute Gasteiger partial charge is 0.490 e. The topological polar surface area (TPSA) is 149 Å². The van der Waals surface area contributed by atoms with Gasteiger partial charge in [0, 0.05) is 90.1 Å². The molecule has 8 rings (SSSR count). The third-order valence-corrected chi connectivity index (χ3v) is 15.3. The number of hydrogen-bond donors (Lipinski definition) is 1. The lowest BCUT2D eigenvalue weighted by molar-refractivity contribution is -0.133. The first-order valence-electron chi connectivity index (χ1n) is 22.8. The summed E-state index contributed by atoms with van der Waals surface area (Å²) in [5.74, 6) is 1.09. The van der Waals surface area contributed by atoms with Crippen LogP contribution < -0.4 is 19.9 Å². The van der Waals surface area contributed by atoms with Crippen LogP contribution in [0.4, 0.5) is 20.7 Å². The highest BCUT2D eigenvalue weighted by Crippen LogP contribution is 2.36. The maximum atomic E-state index is 15.3. The Morgan fingerprint density at radius 2 is 1.70 bits per heavy atom. The molecule has 0 bridgehead atoms. The van der Waals surface area contributed by atoms with Gasteiger partial charge in [0.1, 0.15) is 24.4 Å². The lowest BCUT2D eigenvalue weighted by atomic mass is 9.92. The molecule has 17 heteroatoms. The van der Waals surface area contributed by atoms with Crippen molar-refractivity contribution in [3.63, 3.8) is 0 Å². The first kappa shape index (κ1) is 45.5. The summed E-state index contributed by atoms with van der Waals surface area (Å²) in [6, 6.07) is 16.5. The zero-order valence-corrected chi connectivity index (χ0v) is 38.9. The highest BCUT2D eigenvalue weighted by molar-refractivity contribution is 6.76. The smallest absolute Gasteiger partial charge is 0.333 e. The molecule has 4 amide bonds. The number of fused-ring (bicyclic) bond motifs is 1. The number of anilines is 2. The number of urea groups is 1. The zero-order valence-electron chi connectivity index (χ0n) is 37.1. The number of hydrogen-bond acceptors (Lipinski definition) is 10. The molecule has 4 aromatic rings. The van der Waals surface area contributed by atoms with Crippen LogP contribution >= 0.6 is 11.6 Å². The van der Waals surface area contributed by atoms with Crippen LogP contribution in [0, 0.1) is 23.1 Å². The lowest BCUT2D eigenvalue weighted by Gasteiger charge is -2.38. The third kappa shape index (κ3) is 10.9. The van der Waals surface area contributed by atoms with Gasteiger partial charge in [-0.05, 0) is 106 Å². The van der Waals surface area contributed by atoms with Gasteiger partial charge in [-0.25, -0.2) is 14.1 Å². The Bertz CT molecular complexity index is 2350. The molecule has 64 heavy (non-hydrogen) atoms. The first-order chi connectivity index (χ1) is 30.8. The SMILES string of the molecule is C[Si](C)(C)CCOCN1C(=O)CCN(c2cc(F)cc3c2ccn3C2CCN(CC3CCN(c4ccc(C(=O)NC5CCC(Oc6ccc(C#N)c(Cl)c6)CC5)nn4)CC3)CC2)C1=O. The Morgan fingerprint density at radius 1 is 0.938 bits per heavy atom. The van der Waals surface area contributed by atoms with Gasteiger partial charge in [-0.3, -0.25) is 14.5 Å². The molecular weight excluding hydrogens is 853 g/mol. The number of piperidine rings is 2. The van der Waals surface area contributed by atoms with Gasteiger partial charge in [-0.2, -0.15) is 5.26 Å². The third-order valence-electron chi connectivity index (χ3n) is 13.3. The molecular formula is C47H59ClFN9O5Si. The van der Waals surface area contributed by atoms with Gasteiger partial charge in [0.05, 0.1) is 27.9 Å². The van der Waals surface area contributed by atoms with Crippen molar-refractivity contribution in [1.82, 2.24) is 29.9 Å². The summed E-state index contributed by atoms with van der Waals surface area (Å²) in [6.07, 6.45) is 9.32. The van der Waals surface area contributed by atoms with Crippen molar-refractivity contribution in [2.24, 2.45) is 5.92 Å². The Labute approximate surface area is 380 Å². The van der Waals surface area contributed by atoms with E-state index < -0.39 is 19.9 Å². The van der Waals surface area contributed by atoms with Crippen LogP contribution in [-0.2, 0) is 9.53 Å². The Morgan fingerprint density at radius 3 is 2.39 bits per heavy atom. The molecule has 3 saturated heterocycles. The highest BCUT2D eigenvalue weighted by atomic mass is 35.5. The number of nitrogens with one attached hydrogen (secondary N) is 1. The van der Waals surface area contributed by atoms with E-state index in [4.69, 9.17) is 26.3 Å². The fourth-order valence-electron chi connectivity index (χ4n) is 9.47. The van der Waals surface area contributed by atoms with E-state index in [-0.39, 0.29) is 49.7 Å². The van der Waals surface area contributed by atoms with Gasteiger partial charge < -0.3 is 29.2 Å². The maximum absolute atomic E-state index is 15.3. The summed E-state index contributed by atoms with van der Waals surface area (Å²) in [5.41, 5.74) is 1.97. The molecule has 0 unspecified atom stereocenters. The average Bonchev–Trinajstić information content (AvgIpc) is 3.70.